The lowest BCUT2D eigenvalue weighted by atomic mass is 10.3. The van der Waals surface area contributed by atoms with Crippen LogP contribution in [0, 0.1) is 0 Å². The van der Waals surface area contributed by atoms with E-state index < -0.39 is 0 Å². The summed E-state index contributed by atoms with van der Waals surface area (Å²) in [6.07, 6.45) is 0. The Morgan fingerprint density at radius 3 is 2.94 bits per heavy atom. The Bertz CT molecular complexity index is 508. The largest absolute Gasteiger partial charge is 0.494 e. The van der Waals surface area contributed by atoms with Crippen LogP contribution in [0.5, 0.6) is 5.75 Å². The number of nitrogens with zero attached hydrogens (tertiary/aromatic N) is 2. The van der Waals surface area contributed by atoms with Gasteiger partial charge in [0, 0.05) is 12.6 Å². The molecule has 1 aromatic carbocycles. The molecule has 0 amide bonds. The van der Waals surface area contributed by atoms with Crippen molar-refractivity contribution in [2.24, 2.45) is 5.73 Å². The minimum absolute atomic E-state index is 0.0751. The molecular formula is C12H17N3O2. The highest BCUT2D eigenvalue weighted by Crippen LogP contribution is 2.21. The van der Waals surface area contributed by atoms with E-state index in [2.05, 4.69) is 4.98 Å². The molecule has 5 heteroatoms. The molecule has 1 heterocycles. The highest BCUT2D eigenvalue weighted by Gasteiger charge is 2.09. The summed E-state index contributed by atoms with van der Waals surface area (Å²) in [5.41, 5.74) is 7.47. The van der Waals surface area contributed by atoms with E-state index in [1.54, 1.807) is 0 Å². The first-order valence-electron chi connectivity index (χ1n) is 5.73. The van der Waals surface area contributed by atoms with Crippen LogP contribution in [0.25, 0.3) is 11.0 Å². The summed E-state index contributed by atoms with van der Waals surface area (Å²) in [6.45, 7) is 3.52. The van der Waals surface area contributed by atoms with E-state index in [1.165, 1.54) is 0 Å². The van der Waals surface area contributed by atoms with Crippen LogP contribution in [0.15, 0.2) is 18.2 Å². The zero-order valence-corrected chi connectivity index (χ0v) is 9.89. The molecule has 5 nitrogen and oxygen atoms in total. The first-order chi connectivity index (χ1) is 8.30. The third-order valence-electron chi connectivity index (χ3n) is 2.62. The predicted molar refractivity (Wildman–Crippen MR) is 65.9 cm³/mol. The van der Waals surface area contributed by atoms with Crippen LogP contribution in [0.1, 0.15) is 12.7 Å². The van der Waals surface area contributed by atoms with Crippen LogP contribution < -0.4 is 10.5 Å². The molecule has 0 unspecified atom stereocenters. The van der Waals surface area contributed by atoms with Crippen molar-refractivity contribution in [1.29, 1.82) is 0 Å². The highest BCUT2D eigenvalue weighted by molar-refractivity contribution is 5.77. The fourth-order valence-corrected chi connectivity index (χ4v) is 1.92. The van der Waals surface area contributed by atoms with Crippen LogP contribution >= 0.6 is 0 Å². The van der Waals surface area contributed by atoms with Crippen molar-refractivity contribution in [2.45, 2.75) is 20.0 Å². The fraction of sp³-hybridized carbons (Fsp3) is 0.417. The summed E-state index contributed by atoms with van der Waals surface area (Å²) in [4.78, 5) is 4.44. The van der Waals surface area contributed by atoms with Gasteiger partial charge in [-0.15, -0.1) is 0 Å². The molecule has 92 valence electrons. The summed E-state index contributed by atoms with van der Waals surface area (Å²) in [6, 6.07) is 5.75. The number of ether oxygens (including phenoxy) is 1. The second-order valence-corrected chi connectivity index (χ2v) is 3.69. The monoisotopic (exact) mass is 235 g/mol. The van der Waals surface area contributed by atoms with E-state index in [-0.39, 0.29) is 6.61 Å². The van der Waals surface area contributed by atoms with Crippen LogP contribution in [0.4, 0.5) is 0 Å². The lowest BCUT2D eigenvalue weighted by molar-refractivity contribution is 0.276. The van der Waals surface area contributed by atoms with E-state index in [4.69, 9.17) is 15.6 Å². The zero-order chi connectivity index (χ0) is 12.3. The second kappa shape index (κ2) is 5.16. The average molecular weight is 235 g/mol. The molecular weight excluding hydrogens is 218 g/mol. The minimum Gasteiger partial charge on any atom is -0.494 e. The summed E-state index contributed by atoms with van der Waals surface area (Å²) >= 11 is 0. The van der Waals surface area contributed by atoms with Gasteiger partial charge in [0.15, 0.2) is 0 Å². The summed E-state index contributed by atoms with van der Waals surface area (Å²) in [5.74, 6) is 1.58. The highest BCUT2D eigenvalue weighted by atomic mass is 16.5. The zero-order valence-electron chi connectivity index (χ0n) is 9.89. The smallest absolute Gasteiger partial charge is 0.123 e. The molecule has 0 atom stereocenters. The molecule has 0 aliphatic rings. The molecule has 2 aromatic rings. The molecule has 0 saturated carbocycles. The number of aromatic nitrogens is 2. The number of imidazole rings is 1. The first kappa shape index (κ1) is 11.9. The number of hydrogen-bond donors (Lipinski definition) is 2. The van der Waals surface area contributed by atoms with Crippen molar-refractivity contribution >= 4 is 11.0 Å². The fourth-order valence-electron chi connectivity index (χ4n) is 1.92. The Labute approximate surface area is 99.8 Å². The van der Waals surface area contributed by atoms with Crippen molar-refractivity contribution in [1.82, 2.24) is 9.55 Å². The Hall–Kier alpha value is -1.59. The first-order valence-corrected chi connectivity index (χ1v) is 5.73. The van der Waals surface area contributed by atoms with Crippen molar-refractivity contribution in [3.63, 3.8) is 0 Å². The molecule has 2 rings (SSSR count). The molecule has 0 aliphatic heterocycles. The van der Waals surface area contributed by atoms with E-state index in [1.807, 2.05) is 29.7 Å². The lowest BCUT2D eigenvalue weighted by Gasteiger charge is -2.06. The third-order valence-corrected chi connectivity index (χ3v) is 2.62. The minimum atomic E-state index is 0.0751. The van der Waals surface area contributed by atoms with Crippen molar-refractivity contribution in [2.75, 3.05) is 13.2 Å². The van der Waals surface area contributed by atoms with Gasteiger partial charge in [0.1, 0.15) is 11.6 Å². The van der Waals surface area contributed by atoms with E-state index in [0.717, 1.165) is 22.6 Å². The standard InChI is InChI=1S/C12H17N3O2/c1-2-17-9-3-4-11-10(7-9)14-12(8-13)15(11)5-6-16/h3-4,7,16H,2,5-6,8,13H2,1H3. The number of fused-ring (bicyclic) bond motifs is 1. The normalized spacial score (nSPS) is 11.0. The summed E-state index contributed by atoms with van der Waals surface area (Å²) in [7, 11) is 0. The quantitative estimate of drug-likeness (QED) is 0.807. The molecule has 1 aromatic heterocycles. The van der Waals surface area contributed by atoms with Crippen molar-refractivity contribution in [3.05, 3.63) is 24.0 Å². The molecule has 0 aliphatic carbocycles. The average Bonchev–Trinajstić information content (AvgIpc) is 2.68. The topological polar surface area (TPSA) is 73.3 Å². The van der Waals surface area contributed by atoms with Crippen molar-refractivity contribution in [3.8, 4) is 5.75 Å². The number of rotatable bonds is 5. The van der Waals surface area contributed by atoms with Crippen molar-refractivity contribution < 1.29 is 9.84 Å². The number of aliphatic hydroxyl groups excluding tert-OH is 1. The van der Waals surface area contributed by atoms with Gasteiger partial charge in [-0.1, -0.05) is 0 Å². The van der Waals surface area contributed by atoms with Gasteiger partial charge in [-0.3, -0.25) is 0 Å². The molecule has 0 bridgehead atoms. The SMILES string of the molecule is CCOc1ccc2c(c1)nc(CN)n2CCO. The van der Waals surface area contributed by atoms with Crippen LogP contribution in [-0.2, 0) is 13.1 Å². The third kappa shape index (κ3) is 2.25. The van der Waals surface area contributed by atoms with Gasteiger partial charge >= 0.3 is 0 Å². The van der Waals surface area contributed by atoms with Gasteiger partial charge < -0.3 is 20.1 Å². The van der Waals surface area contributed by atoms with E-state index in [0.29, 0.717) is 19.7 Å². The Morgan fingerprint density at radius 1 is 1.47 bits per heavy atom. The molecule has 0 spiro atoms. The lowest BCUT2D eigenvalue weighted by Crippen LogP contribution is -2.10. The van der Waals surface area contributed by atoms with Crippen LogP contribution in [0.3, 0.4) is 0 Å². The molecule has 3 N–H and O–H groups in total. The number of benzene rings is 1. The maximum atomic E-state index is 9.04. The Kier molecular flexibility index (Phi) is 3.61. The Balaban J connectivity index is 2.49. The maximum Gasteiger partial charge on any atom is 0.123 e. The van der Waals surface area contributed by atoms with Crippen LogP contribution in [-0.4, -0.2) is 27.9 Å². The maximum absolute atomic E-state index is 9.04. The van der Waals surface area contributed by atoms with Gasteiger partial charge in [-0.25, -0.2) is 4.98 Å². The molecule has 0 saturated heterocycles. The van der Waals surface area contributed by atoms with Gasteiger partial charge in [0.25, 0.3) is 0 Å². The molecule has 0 radical (unpaired) electrons. The van der Waals surface area contributed by atoms with Crippen LogP contribution in [0.2, 0.25) is 0 Å². The van der Waals surface area contributed by atoms with Gasteiger partial charge in [-0.2, -0.15) is 0 Å². The number of hydrogen-bond acceptors (Lipinski definition) is 4. The second-order valence-electron chi connectivity index (χ2n) is 3.69. The predicted octanol–water partition coefficient (Wildman–Crippen LogP) is 0.886. The number of aliphatic hydroxyl groups is 1. The summed E-state index contributed by atoms with van der Waals surface area (Å²) in [5, 5.41) is 9.04. The van der Waals surface area contributed by atoms with E-state index >= 15 is 0 Å². The Morgan fingerprint density at radius 2 is 2.29 bits per heavy atom. The van der Waals surface area contributed by atoms with Gasteiger partial charge in [0.05, 0.1) is 30.8 Å². The van der Waals surface area contributed by atoms with Gasteiger partial charge in [-0.05, 0) is 19.1 Å². The molecule has 17 heavy (non-hydrogen) atoms. The van der Waals surface area contributed by atoms with E-state index in [9.17, 15) is 0 Å². The number of nitrogens with two attached hydrogens (primary N) is 1. The van der Waals surface area contributed by atoms with Gasteiger partial charge in [0.2, 0.25) is 0 Å². The summed E-state index contributed by atoms with van der Waals surface area (Å²) < 4.78 is 7.36. The molecule has 0 fully saturated rings.